The van der Waals surface area contributed by atoms with Gasteiger partial charge in [-0.3, -0.25) is 0 Å². The lowest BCUT2D eigenvalue weighted by Crippen LogP contribution is -2.34. The molecule has 5 nitrogen and oxygen atoms in total. The van der Waals surface area contributed by atoms with Crippen molar-refractivity contribution in [2.24, 2.45) is 0 Å². The molecule has 2 atom stereocenters. The van der Waals surface area contributed by atoms with Gasteiger partial charge in [0.2, 0.25) is 0 Å². The Labute approximate surface area is 165 Å². The van der Waals surface area contributed by atoms with E-state index in [1.165, 1.54) is 23.9 Å². The van der Waals surface area contributed by atoms with Crippen molar-refractivity contribution < 1.29 is 18.3 Å². The molecule has 2 aromatic rings. The molecular weight excluding hydrogens is 396 g/mol. The number of halogens is 3. The van der Waals surface area contributed by atoms with E-state index < -0.39 is 17.4 Å². The first kappa shape index (κ1) is 20.3. The van der Waals surface area contributed by atoms with Gasteiger partial charge in [0, 0.05) is 17.4 Å². The molecular formula is C18H20ClF2N3O2S. The van der Waals surface area contributed by atoms with Gasteiger partial charge in [-0.1, -0.05) is 35.5 Å². The Morgan fingerprint density at radius 2 is 2.15 bits per heavy atom. The van der Waals surface area contributed by atoms with E-state index in [0.29, 0.717) is 17.6 Å². The minimum atomic E-state index is -0.877. The third-order valence-corrected chi connectivity index (χ3v) is 5.12. The number of hydrogen-bond acceptors (Lipinski definition) is 6. The van der Waals surface area contributed by atoms with E-state index in [-0.39, 0.29) is 28.6 Å². The quantitative estimate of drug-likeness (QED) is 0.421. The fourth-order valence-electron chi connectivity index (χ4n) is 2.63. The molecule has 0 spiro atoms. The maximum Gasteiger partial charge on any atom is 0.191 e. The molecule has 1 aliphatic heterocycles. The van der Waals surface area contributed by atoms with E-state index in [1.807, 2.05) is 20.8 Å². The molecule has 3 rings (SSSR count). The number of nitrogens with zero attached hydrogens (tertiary/aromatic N) is 2. The van der Waals surface area contributed by atoms with Crippen molar-refractivity contribution in [1.82, 2.24) is 9.97 Å². The molecule has 27 heavy (non-hydrogen) atoms. The molecule has 0 saturated carbocycles. The summed E-state index contributed by atoms with van der Waals surface area (Å²) in [6.07, 6.45) is -0.133. The molecule has 1 N–H and O–H groups in total. The molecule has 146 valence electrons. The topological polar surface area (TPSA) is 56.3 Å². The SMILES string of the molecule is C[C@H](Nc1cc(Cl)nc(SCc2cccc(F)c2F)n1)[C@@H]1COC(C)(C)O1. The van der Waals surface area contributed by atoms with Gasteiger partial charge in [-0.2, -0.15) is 0 Å². The van der Waals surface area contributed by atoms with Crippen LogP contribution < -0.4 is 5.32 Å². The first-order valence-corrected chi connectivity index (χ1v) is 9.78. The van der Waals surface area contributed by atoms with Gasteiger partial charge in [0.25, 0.3) is 0 Å². The summed E-state index contributed by atoms with van der Waals surface area (Å²) in [7, 11) is 0. The lowest BCUT2D eigenvalue weighted by Gasteiger charge is -2.22. The van der Waals surface area contributed by atoms with E-state index in [4.69, 9.17) is 21.1 Å². The summed E-state index contributed by atoms with van der Waals surface area (Å²) in [5.41, 5.74) is 0.241. The maximum atomic E-state index is 13.8. The largest absolute Gasteiger partial charge is 0.365 e. The highest BCUT2D eigenvalue weighted by atomic mass is 35.5. The number of rotatable bonds is 6. The highest BCUT2D eigenvalue weighted by Crippen LogP contribution is 2.27. The van der Waals surface area contributed by atoms with E-state index in [1.54, 1.807) is 6.07 Å². The summed E-state index contributed by atoms with van der Waals surface area (Å²) in [6.45, 7) is 6.16. The Bertz CT molecular complexity index is 825. The van der Waals surface area contributed by atoms with Crippen LogP contribution in [-0.4, -0.2) is 34.5 Å². The first-order valence-electron chi connectivity index (χ1n) is 8.42. The minimum absolute atomic E-state index is 0.0729. The van der Waals surface area contributed by atoms with Crippen molar-refractivity contribution in [2.75, 3.05) is 11.9 Å². The Morgan fingerprint density at radius 3 is 2.85 bits per heavy atom. The molecule has 0 aliphatic carbocycles. The smallest absolute Gasteiger partial charge is 0.191 e. The molecule has 9 heteroatoms. The van der Waals surface area contributed by atoms with Crippen molar-refractivity contribution in [3.8, 4) is 0 Å². The molecule has 1 aromatic heterocycles. The monoisotopic (exact) mass is 415 g/mol. The van der Waals surface area contributed by atoms with Gasteiger partial charge in [0.15, 0.2) is 22.6 Å². The van der Waals surface area contributed by atoms with Crippen LogP contribution in [0.3, 0.4) is 0 Å². The second-order valence-electron chi connectivity index (χ2n) is 6.66. The number of anilines is 1. The summed E-state index contributed by atoms with van der Waals surface area (Å²) >= 11 is 7.26. The maximum absolute atomic E-state index is 13.8. The van der Waals surface area contributed by atoms with Gasteiger partial charge >= 0.3 is 0 Å². The second-order valence-corrected chi connectivity index (χ2v) is 7.99. The van der Waals surface area contributed by atoms with Crippen LogP contribution in [0.15, 0.2) is 29.4 Å². The standard InChI is InChI=1S/C18H20ClF2N3O2S/c1-10(13-8-25-18(2,3)26-13)22-15-7-14(19)23-17(24-15)27-9-11-5-4-6-12(20)16(11)21/h4-7,10,13H,8-9H2,1-3H3,(H,22,23,24)/t10-,13-/m0/s1. The van der Waals surface area contributed by atoms with Crippen molar-refractivity contribution >= 4 is 29.2 Å². The van der Waals surface area contributed by atoms with Crippen molar-refractivity contribution in [3.05, 3.63) is 46.6 Å². The Balaban J connectivity index is 1.66. The molecule has 0 bridgehead atoms. The molecule has 1 saturated heterocycles. The van der Waals surface area contributed by atoms with Crippen LogP contribution >= 0.6 is 23.4 Å². The molecule has 0 unspecified atom stereocenters. The average molecular weight is 416 g/mol. The van der Waals surface area contributed by atoms with Gasteiger partial charge in [-0.15, -0.1) is 0 Å². The zero-order valence-corrected chi connectivity index (χ0v) is 16.7. The fourth-order valence-corrected chi connectivity index (χ4v) is 3.69. The average Bonchev–Trinajstić information content (AvgIpc) is 2.96. The van der Waals surface area contributed by atoms with Crippen LogP contribution in [0.4, 0.5) is 14.6 Å². The van der Waals surface area contributed by atoms with Crippen LogP contribution in [0.1, 0.15) is 26.3 Å². The van der Waals surface area contributed by atoms with Gasteiger partial charge in [-0.05, 0) is 26.8 Å². The third kappa shape index (κ3) is 5.28. The summed E-state index contributed by atoms with van der Waals surface area (Å²) < 4.78 is 38.5. The van der Waals surface area contributed by atoms with Gasteiger partial charge in [0.1, 0.15) is 17.1 Å². The zero-order chi connectivity index (χ0) is 19.6. The Morgan fingerprint density at radius 1 is 1.37 bits per heavy atom. The summed E-state index contributed by atoms with van der Waals surface area (Å²) in [6, 6.07) is 5.60. The van der Waals surface area contributed by atoms with Gasteiger partial charge < -0.3 is 14.8 Å². The number of hydrogen-bond donors (Lipinski definition) is 1. The highest BCUT2D eigenvalue weighted by molar-refractivity contribution is 7.98. The van der Waals surface area contributed by atoms with Crippen LogP contribution in [0, 0.1) is 11.6 Å². The first-order chi connectivity index (χ1) is 12.7. The second kappa shape index (κ2) is 8.26. The van der Waals surface area contributed by atoms with E-state index >= 15 is 0 Å². The van der Waals surface area contributed by atoms with Gasteiger partial charge in [-0.25, -0.2) is 18.7 Å². The summed E-state index contributed by atoms with van der Waals surface area (Å²) in [4.78, 5) is 8.53. The minimum Gasteiger partial charge on any atom is -0.365 e. The Hall–Kier alpha value is -1.48. The van der Waals surface area contributed by atoms with Crippen LogP contribution in [-0.2, 0) is 15.2 Å². The van der Waals surface area contributed by atoms with Gasteiger partial charge in [0.05, 0.1) is 12.6 Å². The van der Waals surface area contributed by atoms with E-state index in [2.05, 4.69) is 15.3 Å². The zero-order valence-electron chi connectivity index (χ0n) is 15.1. The summed E-state index contributed by atoms with van der Waals surface area (Å²) in [5.74, 6) is -1.64. The number of aromatic nitrogens is 2. The number of thioether (sulfide) groups is 1. The van der Waals surface area contributed by atoms with Crippen LogP contribution in [0.2, 0.25) is 5.15 Å². The molecule has 0 radical (unpaired) electrons. The lowest BCUT2D eigenvalue weighted by molar-refractivity contribution is -0.139. The fraction of sp³-hybridized carbons (Fsp3) is 0.444. The predicted octanol–water partition coefficient (Wildman–Crippen LogP) is 4.65. The molecule has 1 fully saturated rings. The van der Waals surface area contributed by atoms with Crippen molar-refractivity contribution in [3.63, 3.8) is 0 Å². The van der Waals surface area contributed by atoms with Crippen molar-refractivity contribution in [1.29, 1.82) is 0 Å². The van der Waals surface area contributed by atoms with Crippen molar-refractivity contribution in [2.45, 2.75) is 49.6 Å². The number of nitrogens with one attached hydrogen (secondary N) is 1. The van der Waals surface area contributed by atoms with Crippen LogP contribution in [0.5, 0.6) is 0 Å². The third-order valence-electron chi connectivity index (χ3n) is 4.03. The number of benzene rings is 1. The highest BCUT2D eigenvalue weighted by Gasteiger charge is 2.35. The predicted molar refractivity (Wildman–Crippen MR) is 101 cm³/mol. The molecule has 0 amide bonds. The van der Waals surface area contributed by atoms with E-state index in [9.17, 15) is 8.78 Å². The molecule has 2 heterocycles. The Kier molecular flexibility index (Phi) is 6.20. The summed E-state index contributed by atoms with van der Waals surface area (Å²) in [5, 5.41) is 3.85. The molecule has 1 aromatic carbocycles. The lowest BCUT2D eigenvalue weighted by atomic mass is 10.2. The molecule has 1 aliphatic rings. The number of ether oxygens (including phenoxy) is 2. The van der Waals surface area contributed by atoms with Crippen LogP contribution in [0.25, 0.3) is 0 Å². The normalized spacial score (nSPS) is 19.9. The van der Waals surface area contributed by atoms with E-state index in [0.717, 1.165) is 6.07 Å².